The van der Waals surface area contributed by atoms with E-state index in [1.54, 1.807) is 24.3 Å². The molecule has 2 aromatic rings. The number of carbonyl (C=O) groups excluding carboxylic acids is 1. The lowest BCUT2D eigenvalue weighted by molar-refractivity contribution is 0.0950. The number of methoxy groups -OCH3 is 1. The minimum Gasteiger partial charge on any atom is -0.493 e. The molecule has 0 radical (unpaired) electrons. The maximum absolute atomic E-state index is 13.6. The van der Waals surface area contributed by atoms with Crippen LogP contribution in [0, 0.1) is 5.82 Å². The number of benzene rings is 2. The Hall–Kier alpha value is -2.27. The van der Waals surface area contributed by atoms with Crippen LogP contribution < -0.4 is 14.8 Å². The quantitative estimate of drug-likeness (QED) is 0.848. The van der Waals surface area contributed by atoms with Crippen molar-refractivity contribution in [1.29, 1.82) is 0 Å². The molecule has 128 valence electrons. The molecule has 0 heterocycles. The molecule has 0 spiro atoms. The van der Waals surface area contributed by atoms with Crippen LogP contribution in [-0.4, -0.2) is 19.1 Å². The zero-order valence-corrected chi connectivity index (χ0v) is 14.5. The fraction of sp³-hybridized carbons (Fsp3) is 0.278. The van der Waals surface area contributed by atoms with E-state index in [1.165, 1.54) is 19.2 Å². The third-order valence-corrected chi connectivity index (χ3v) is 3.52. The largest absolute Gasteiger partial charge is 0.493 e. The van der Waals surface area contributed by atoms with Crippen molar-refractivity contribution in [2.24, 2.45) is 0 Å². The molecule has 0 atom stereocenters. The molecular weight excluding hydrogens is 333 g/mol. The van der Waals surface area contributed by atoms with E-state index in [9.17, 15) is 9.18 Å². The van der Waals surface area contributed by atoms with Gasteiger partial charge in [0.25, 0.3) is 5.91 Å². The van der Waals surface area contributed by atoms with Crippen molar-refractivity contribution >= 4 is 17.5 Å². The van der Waals surface area contributed by atoms with Gasteiger partial charge in [-0.15, -0.1) is 0 Å². The Balaban J connectivity index is 2.17. The predicted molar refractivity (Wildman–Crippen MR) is 91.3 cm³/mol. The number of amides is 1. The standard InChI is InChI=1S/C18H19ClFNO3/c1-11(2)24-17-14(19)8-13(9-16(17)23-3)18(22)21-10-12-6-4-5-7-15(12)20/h4-9,11H,10H2,1-3H3,(H,21,22). The Labute approximate surface area is 145 Å². The van der Waals surface area contributed by atoms with Crippen molar-refractivity contribution in [2.45, 2.75) is 26.5 Å². The molecule has 1 amide bonds. The minimum absolute atomic E-state index is 0.0791. The lowest BCUT2D eigenvalue weighted by atomic mass is 10.1. The summed E-state index contributed by atoms with van der Waals surface area (Å²) in [7, 11) is 1.47. The molecule has 1 N–H and O–H groups in total. The first-order chi connectivity index (χ1) is 11.4. The van der Waals surface area contributed by atoms with Gasteiger partial charge in [0.05, 0.1) is 18.2 Å². The highest BCUT2D eigenvalue weighted by Gasteiger charge is 2.17. The van der Waals surface area contributed by atoms with Gasteiger partial charge in [0.2, 0.25) is 0 Å². The average Bonchev–Trinajstić information content (AvgIpc) is 2.55. The number of hydrogen-bond acceptors (Lipinski definition) is 3. The Bertz CT molecular complexity index is 734. The molecule has 2 aromatic carbocycles. The number of nitrogens with one attached hydrogen (secondary N) is 1. The summed E-state index contributed by atoms with van der Waals surface area (Å²) in [4.78, 5) is 12.3. The van der Waals surface area contributed by atoms with Gasteiger partial charge >= 0.3 is 0 Å². The van der Waals surface area contributed by atoms with Crippen LogP contribution in [-0.2, 0) is 6.54 Å². The first-order valence-electron chi connectivity index (χ1n) is 7.48. The topological polar surface area (TPSA) is 47.6 Å². The van der Waals surface area contributed by atoms with Crippen LogP contribution in [0.5, 0.6) is 11.5 Å². The van der Waals surface area contributed by atoms with Crippen molar-refractivity contribution in [3.63, 3.8) is 0 Å². The minimum atomic E-state index is -0.380. The molecule has 0 fully saturated rings. The molecule has 24 heavy (non-hydrogen) atoms. The molecule has 0 aliphatic carbocycles. The lowest BCUT2D eigenvalue weighted by Crippen LogP contribution is -2.23. The maximum Gasteiger partial charge on any atom is 0.251 e. The van der Waals surface area contributed by atoms with Gasteiger partial charge < -0.3 is 14.8 Å². The zero-order chi connectivity index (χ0) is 17.7. The molecule has 0 saturated heterocycles. The average molecular weight is 352 g/mol. The third-order valence-electron chi connectivity index (χ3n) is 3.24. The van der Waals surface area contributed by atoms with Crippen molar-refractivity contribution in [3.8, 4) is 11.5 Å². The summed E-state index contributed by atoms with van der Waals surface area (Å²) in [6.45, 7) is 3.81. The Morgan fingerprint density at radius 1 is 1.29 bits per heavy atom. The van der Waals surface area contributed by atoms with Gasteiger partial charge in [-0.2, -0.15) is 0 Å². The summed E-state index contributed by atoms with van der Waals surface area (Å²) in [6.07, 6.45) is -0.0860. The molecule has 6 heteroatoms. The molecule has 0 aliphatic rings. The Morgan fingerprint density at radius 3 is 2.62 bits per heavy atom. The van der Waals surface area contributed by atoms with Crippen LogP contribution in [0.4, 0.5) is 4.39 Å². The van der Waals surface area contributed by atoms with Gasteiger partial charge in [-0.05, 0) is 32.0 Å². The van der Waals surface area contributed by atoms with Gasteiger partial charge in [-0.3, -0.25) is 4.79 Å². The van der Waals surface area contributed by atoms with Crippen molar-refractivity contribution in [2.75, 3.05) is 7.11 Å². The van der Waals surface area contributed by atoms with E-state index in [4.69, 9.17) is 21.1 Å². The fourth-order valence-corrected chi connectivity index (χ4v) is 2.38. The molecule has 0 bridgehead atoms. The van der Waals surface area contributed by atoms with Gasteiger partial charge in [-0.1, -0.05) is 29.8 Å². The summed E-state index contributed by atoms with van der Waals surface area (Å²) in [5, 5.41) is 2.94. The van der Waals surface area contributed by atoms with Crippen LogP contribution in [0.3, 0.4) is 0 Å². The van der Waals surface area contributed by atoms with Crippen molar-refractivity contribution < 1.29 is 18.7 Å². The highest BCUT2D eigenvalue weighted by Crippen LogP contribution is 2.37. The van der Waals surface area contributed by atoms with Crippen molar-refractivity contribution in [1.82, 2.24) is 5.32 Å². The molecule has 0 saturated carbocycles. The predicted octanol–water partition coefficient (Wildman–Crippen LogP) is 4.20. The summed E-state index contributed by atoms with van der Waals surface area (Å²) >= 11 is 6.20. The first kappa shape index (κ1) is 18.1. The first-order valence-corrected chi connectivity index (χ1v) is 7.86. The summed E-state index contributed by atoms with van der Waals surface area (Å²) in [5.41, 5.74) is 0.716. The number of ether oxygens (including phenoxy) is 2. The lowest BCUT2D eigenvalue weighted by Gasteiger charge is -2.16. The highest BCUT2D eigenvalue weighted by molar-refractivity contribution is 6.32. The smallest absolute Gasteiger partial charge is 0.251 e. The second-order valence-electron chi connectivity index (χ2n) is 5.43. The molecule has 2 rings (SSSR count). The van der Waals surface area contributed by atoms with Crippen LogP contribution in [0.1, 0.15) is 29.8 Å². The Kier molecular flexibility index (Phi) is 6.04. The van der Waals surface area contributed by atoms with E-state index in [0.717, 1.165) is 0 Å². The SMILES string of the molecule is COc1cc(C(=O)NCc2ccccc2F)cc(Cl)c1OC(C)C. The highest BCUT2D eigenvalue weighted by atomic mass is 35.5. The zero-order valence-electron chi connectivity index (χ0n) is 13.7. The number of hydrogen-bond donors (Lipinski definition) is 1. The van der Waals surface area contributed by atoms with Gasteiger partial charge in [0, 0.05) is 17.7 Å². The van der Waals surface area contributed by atoms with E-state index >= 15 is 0 Å². The summed E-state index contributed by atoms with van der Waals surface area (Å²) in [6, 6.07) is 9.31. The van der Waals surface area contributed by atoms with Crippen LogP contribution in [0.15, 0.2) is 36.4 Å². The molecule has 0 aliphatic heterocycles. The normalized spacial score (nSPS) is 10.6. The van der Waals surface area contributed by atoms with E-state index in [-0.39, 0.29) is 29.4 Å². The van der Waals surface area contributed by atoms with E-state index in [1.807, 2.05) is 13.8 Å². The number of rotatable bonds is 6. The van der Waals surface area contributed by atoms with Crippen LogP contribution >= 0.6 is 11.6 Å². The molecular formula is C18H19ClFNO3. The number of halogens is 2. The second-order valence-corrected chi connectivity index (χ2v) is 5.84. The third kappa shape index (κ3) is 4.38. The molecule has 0 unspecified atom stereocenters. The van der Waals surface area contributed by atoms with E-state index < -0.39 is 0 Å². The van der Waals surface area contributed by atoms with Crippen LogP contribution in [0.25, 0.3) is 0 Å². The van der Waals surface area contributed by atoms with Gasteiger partial charge in [-0.25, -0.2) is 4.39 Å². The van der Waals surface area contributed by atoms with E-state index in [0.29, 0.717) is 22.6 Å². The monoisotopic (exact) mass is 351 g/mol. The maximum atomic E-state index is 13.6. The van der Waals surface area contributed by atoms with Crippen LogP contribution in [0.2, 0.25) is 5.02 Å². The molecule has 0 aromatic heterocycles. The van der Waals surface area contributed by atoms with Gasteiger partial charge in [0.1, 0.15) is 5.82 Å². The Morgan fingerprint density at radius 2 is 2.00 bits per heavy atom. The number of carbonyl (C=O) groups is 1. The summed E-state index contributed by atoms with van der Waals surface area (Å²) in [5.74, 6) is 0.00991. The van der Waals surface area contributed by atoms with E-state index in [2.05, 4.69) is 5.32 Å². The van der Waals surface area contributed by atoms with Gasteiger partial charge in [0.15, 0.2) is 11.5 Å². The van der Waals surface area contributed by atoms with Crippen molar-refractivity contribution in [3.05, 3.63) is 58.4 Å². The molecule has 4 nitrogen and oxygen atoms in total. The second kappa shape index (κ2) is 8.02. The fourth-order valence-electron chi connectivity index (χ4n) is 2.12. The summed E-state index contributed by atoms with van der Waals surface area (Å²) < 4.78 is 24.4.